The van der Waals surface area contributed by atoms with E-state index in [0.717, 1.165) is 22.3 Å². The van der Waals surface area contributed by atoms with Crippen LogP contribution >= 0.6 is 0 Å². The van der Waals surface area contributed by atoms with Gasteiger partial charge in [-0.3, -0.25) is 48.5 Å². The zero-order chi connectivity index (χ0) is 67.5. The van der Waals surface area contributed by atoms with Crippen LogP contribution in [0.1, 0.15) is 169 Å². The molecule has 0 saturated carbocycles. The molecule has 0 saturated heterocycles. The van der Waals surface area contributed by atoms with Crippen LogP contribution in [0.4, 0.5) is 4.79 Å². The van der Waals surface area contributed by atoms with Gasteiger partial charge in [0, 0.05) is 49.6 Å². The molecule has 5 rings (SSSR count). The van der Waals surface area contributed by atoms with Crippen LogP contribution in [0.2, 0.25) is 0 Å². The van der Waals surface area contributed by atoms with Gasteiger partial charge in [0.25, 0.3) is 0 Å². The molecule has 21 heteroatoms. The van der Waals surface area contributed by atoms with E-state index >= 15 is 0 Å². The predicted molar refractivity (Wildman–Crippen MR) is 341 cm³/mol. The van der Waals surface area contributed by atoms with E-state index in [1.807, 2.05) is 48.5 Å². The van der Waals surface area contributed by atoms with Crippen molar-refractivity contribution >= 4 is 47.7 Å². The van der Waals surface area contributed by atoms with E-state index in [9.17, 15) is 43.5 Å². The number of ketones is 1. The summed E-state index contributed by atoms with van der Waals surface area (Å²) in [5.74, 6) is 2.34. The molecule has 3 aromatic carbocycles. The molecule has 0 spiro atoms. The standard InChI is InChI=1S/C70H93N5O16/c1-66(2,3)87-59(77)40-73(34-35-74(41-60(78)88-67(4,5)6)42-61(79)89-68(7,8)9)38-49-36-48(37-50(71-49)39-75(43-62(80)90-69(10,11)12)44-63(81)91-70(13,14)15)29-28-47-30-32-52(33-31-47)85-45-51(76)22-16-21-27-58(64(82)83)72-65(84)86-46-57-55-25-19-17-23-53(55)54-24-18-20-26-56(54)57/h17-20,23-26,30-33,36-37,57-58H,16,21-22,27,34-35,38-46H2,1-15H3,(H,72,84)(H,82,83). The van der Waals surface area contributed by atoms with Crippen molar-refractivity contribution < 1.29 is 76.6 Å². The largest absolute Gasteiger partial charge is 0.486 e. The van der Waals surface area contributed by atoms with E-state index < -0.39 is 76.0 Å². The molecule has 0 fully saturated rings. The number of hydrogen-bond donors (Lipinski definition) is 2. The number of nitrogens with one attached hydrogen (secondary N) is 1. The normalized spacial score (nSPS) is 12.9. The number of alkyl carbamates (subject to hydrolysis) is 1. The van der Waals surface area contributed by atoms with Crippen molar-refractivity contribution in [3.8, 4) is 28.7 Å². The Morgan fingerprint density at radius 3 is 1.38 bits per heavy atom. The van der Waals surface area contributed by atoms with Crippen LogP contribution < -0.4 is 10.1 Å². The topological polar surface area (TPSA) is 256 Å². The molecule has 1 unspecified atom stereocenters. The Morgan fingerprint density at radius 2 is 0.934 bits per heavy atom. The Bertz CT molecular complexity index is 3140. The number of carbonyl (C=O) groups is 8. The highest BCUT2D eigenvalue weighted by Gasteiger charge is 2.32. The number of fused-ring (bicyclic) bond motifs is 3. The van der Waals surface area contributed by atoms with E-state index in [0.29, 0.717) is 41.1 Å². The fraction of sp³-hybridized carbons (Fsp3) is 0.529. The minimum absolute atomic E-state index is 0.0289. The van der Waals surface area contributed by atoms with Gasteiger partial charge in [0.1, 0.15) is 53.0 Å². The summed E-state index contributed by atoms with van der Waals surface area (Å²) in [6.45, 7) is 24.8. The number of Topliss-reactive ketones (excluding diaryl/α,β-unsaturated/α-hetero) is 1. The number of pyridine rings is 1. The molecule has 1 amide bonds. The Kier molecular flexibility index (Phi) is 26.4. The second-order valence-electron chi connectivity index (χ2n) is 27.5. The van der Waals surface area contributed by atoms with Crippen LogP contribution in [-0.4, -0.2) is 166 Å². The number of unbranched alkanes of at least 4 members (excludes halogenated alkanes) is 1. The Morgan fingerprint density at radius 1 is 0.527 bits per heavy atom. The van der Waals surface area contributed by atoms with E-state index in [1.54, 1.807) is 155 Å². The molecule has 21 nitrogen and oxygen atoms in total. The number of esters is 5. The molecule has 494 valence electrons. The summed E-state index contributed by atoms with van der Waals surface area (Å²) in [5.41, 5.74) is 2.05. The highest BCUT2D eigenvalue weighted by Crippen LogP contribution is 2.44. The van der Waals surface area contributed by atoms with Gasteiger partial charge in [-0.05, 0) is 175 Å². The summed E-state index contributed by atoms with van der Waals surface area (Å²) < 4.78 is 39.7. The van der Waals surface area contributed by atoms with Crippen LogP contribution in [0.25, 0.3) is 11.1 Å². The average molecular weight is 1260 g/mol. The number of aliphatic carboxylic acids is 1. The van der Waals surface area contributed by atoms with Gasteiger partial charge in [0.2, 0.25) is 0 Å². The number of aromatic nitrogens is 1. The first kappa shape index (κ1) is 73.5. The number of benzene rings is 3. The maximum Gasteiger partial charge on any atom is 0.407 e. The van der Waals surface area contributed by atoms with E-state index in [-0.39, 0.29) is 96.7 Å². The second-order valence-corrected chi connectivity index (χ2v) is 27.5. The van der Waals surface area contributed by atoms with Crippen molar-refractivity contribution in [1.82, 2.24) is 25.0 Å². The van der Waals surface area contributed by atoms with Crippen LogP contribution in [-0.2, 0) is 75.1 Å². The summed E-state index contributed by atoms with van der Waals surface area (Å²) in [4.78, 5) is 115. The SMILES string of the molecule is CC(C)(C)OC(=O)CN(CCN(CC(=O)OC(C)(C)C)Cc1cc(C#Cc2ccc(OCC(=O)CCCCC(NC(=O)OCC3c4ccccc4-c4ccccc43)C(=O)O)cc2)cc(CN(CC(=O)OC(C)(C)C)CC(=O)OC(C)(C)C)n1)CC(=O)OC(C)(C)C. The van der Waals surface area contributed by atoms with E-state index in [1.165, 1.54) is 0 Å². The first-order valence-corrected chi connectivity index (χ1v) is 30.7. The van der Waals surface area contributed by atoms with Gasteiger partial charge in [-0.25, -0.2) is 9.59 Å². The summed E-state index contributed by atoms with van der Waals surface area (Å²) >= 11 is 0. The summed E-state index contributed by atoms with van der Waals surface area (Å²) in [5, 5.41) is 12.4. The lowest BCUT2D eigenvalue weighted by atomic mass is 9.98. The Labute approximate surface area is 536 Å². The van der Waals surface area contributed by atoms with Crippen LogP contribution in [0, 0.1) is 11.8 Å². The van der Waals surface area contributed by atoms with Crippen molar-refractivity contribution in [2.24, 2.45) is 0 Å². The zero-order valence-electron chi connectivity index (χ0n) is 55.7. The lowest BCUT2D eigenvalue weighted by Gasteiger charge is -2.29. The molecule has 0 aliphatic heterocycles. The molecule has 0 radical (unpaired) electrons. The third kappa shape index (κ3) is 28.3. The Hall–Kier alpha value is -8.19. The number of carboxylic acids is 1. The maximum atomic E-state index is 13.6. The fourth-order valence-corrected chi connectivity index (χ4v) is 9.73. The molecule has 91 heavy (non-hydrogen) atoms. The molecule has 4 aromatic rings. The molecule has 1 aliphatic rings. The molecule has 1 aromatic heterocycles. The molecular weight excluding hydrogens is 1170 g/mol. The quantitative estimate of drug-likeness (QED) is 0.0222. The van der Waals surface area contributed by atoms with Crippen LogP contribution in [0.5, 0.6) is 5.75 Å². The smallest absolute Gasteiger partial charge is 0.407 e. The summed E-state index contributed by atoms with van der Waals surface area (Å²) in [7, 11) is 0. The van der Waals surface area contributed by atoms with Crippen LogP contribution in [0.15, 0.2) is 84.9 Å². The number of nitrogens with zero attached hydrogens (tertiary/aromatic N) is 4. The van der Waals surface area contributed by atoms with Gasteiger partial charge < -0.3 is 43.6 Å². The van der Waals surface area contributed by atoms with Gasteiger partial charge >= 0.3 is 41.9 Å². The summed E-state index contributed by atoms with van der Waals surface area (Å²) in [6, 6.07) is 24.9. The molecule has 1 heterocycles. The van der Waals surface area contributed by atoms with Crippen LogP contribution in [0.3, 0.4) is 0 Å². The zero-order valence-corrected chi connectivity index (χ0v) is 55.7. The average Bonchev–Trinajstić information content (AvgIpc) is 1.63. The van der Waals surface area contributed by atoms with E-state index in [4.69, 9.17) is 38.1 Å². The molecule has 1 atom stereocenters. The van der Waals surface area contributed by atoms with Gasteiger partial charge in [0.15, 0.2) is 5.78 Å². The minimum atomic E-state index is -1.21. The van der Waals surface area contributed by atoms with Crippen molar-refractivity contribution in [1.29, 1.82) is 0 Å². The molecule has 1 aliphatic carbocycles. The van der Waals surface area contributed by atoms with Crippen molar-refractivity contribution in [3.05, 3.63) is 119 Å². The number of ether oxygens (including phenoxy) is 7. The van der Waals surface area contributed by atoms with Gasteiger partial charge in [-0.2, -0.15) is 0 Å². The lowest BCUT2D eigenvalue weighted by Crippen LogP contribution is -2.44. The summed E-state index contributed by atoms with van der Waals surface area (Å²) in [6.07, 6.45) is 0.0743. The molecule has 2 N–H and O–H groups in total. The number of carboxylic acid groups (broad SMARTS) is 1. The fourth-order valence-electron chi connectivity index (χ4n) is 9.73. The number of carbonyl (C=O) groups excluding carboxylic acids is 7. The molecule has 0 bridgehead atoms. The Balaban J connectivity index is 1.31. The maximum absolute atomic E-state index is 13.6. The lowest BCUT2D eigenvalue weighted by molar-refractivity contribution is -0.162. The van der Waals surface area contributed by atoms with E-state index in [2.05, 4.69) is 17.2 Å². The number of amides is 1. The van der Waals surface area contributed by atoms with Gasteiger partial charge in [0.05, 0.1) is 44.1 Å². The molecular formula is C70H93N5O16. The van der Waals surface area contributed by atoms with Crippen molar-refractivity contribution in [3.63, 3.8) is 0 Å². The van der Waals surface area contributed by atoms with Crippen molar-refractivity contribution in [2.45, 2.75) is 183 Å². The first-order valence-electron chi connectivity index (χ1n) is 30.7. The number of rotatable bonds is 29. The second kappa shape index (κ2) is 32.7. The third-order valence-corrected chi connectivity index (χ3v) is 13.0. The highest BCUT2D eigenvalue weighted by atomic mass is 16.6. The monoisotopic (exact) mass is 1260 g/mol. The van der Waals surface area contributed by atoms with Crippen molar-refractivity contribution in [2.75, 3.05) is 59.0 Å². The minimum Gasteiger partial charge on any atom is -0.486 e. The first-order chi connectivity index (χ1) is 42.3. The third-order valence-electron chi connectivity index (χ3n) is 13.0. The van der Waals surface area contributed by atoms with Gasteiger partial charge in [-0.1, -0.05) is 66.8 Å². The highest BCUT2D eigenvalue weighted by molar-refractivity contribution is 5.82. The van der Waals surface area contributed by atoms with Gasteiger partial charge in [-0.15, -0.1) is 0 Å². The number of hydrogen-bond acceptors (Lipinski definition) is 19. The predicted octanol–water partition coefficient (Wildman–Crippen LogP) is 9.60.